The average molecular weight is 326 g/mol. The highest BCUT2D eigenvalue weighted by Crippen LogP contribution is 2.30. The Morgan fingerprint density at radius 2 is 2.33 bits per heavy atom. The van der Waals surface area contributed by atoms with Gasteiger partial charge in [0, 0.05) is 37.3 Å². The SMILES string of the molecule is COc1ccc2c(c1)OC[C@@H](CNC(=O)CCc1cccnc1)C2. The molecule has 0 saturated heterocycles. The standard InChI is InChI=1S/C19H22N2O3/c1-23-17-6-5-16-9-15(13-24-18(16)10-17)12-21-19(22)7-4-14-3-2-8-20-11-14/h2-3,5-6,8,10-11,15H,4,7,9,12-13H2,1H3,(H,21,22)/t15-/m1/s1. The van der Waals surface area contributed by atoms with E-state index in [1.165, 1.54) is 0 Å². The third-order valence-corrected chi connectivity index (χ3v) is 4.21. The first-order valence-corrected chi connectivity index (χ1v) is 8.20. The van der Waals surface area contributed by atoms with E-state index >= 15 is 0 Å². The largest absolute Gasteiger partial charge is 0.497 e. The minimum absolute atomic E-state index is 0.0689. The van der Waals surface area contributed by atoms with Gasteiger partial charge in [0.05, 0.1) is 13.7 Å². The molecule has 2 heterocycles. The van der Waals surface area contributed by atoms with Gasteiger partial charge in [-0.15, -0.1) is 0 Å². The van der Waals surface area contributed by atoms with Crippen LogP contribution in [0.1, 0.15) is 17.5 Å². The number of aryl methyl sites for hydroxylation is 1. The molecule has 1 aromatic carbocycles. The van der Waals surface area contributed by atoms with Crippen LogP contribution in [0.15, 0.2) is 42.7 Å². The zero-order valence-corrected chi connectivity index (χ0v) is 13.8. The maximum absolute atomic E-state index is 12.0. The number of ether oxygens (including phenoxy) is 2. The lowest BCUT2D eigenvalue weighted by atomic mass is 9.96. The number of aromatic nitrogens is 1. The number of methoxy groups -OCH3 is 1. The Hall–Kier alpha value is -2.56. The molecule has 0 radical (unpaired) electrons. The van der Waals surface area contributed by atoms with Crippen LogP contribution in [0.3, 0.4) is 0 Å². The number of benzene rings is 1. The van der Waals surface area contributed by atoms with Crippen LogP contribution in [0, 0.1) is 5.92 Å². The lowest BCUT2D eigenvalue weighted by molar-refractivity contribution is -0.121. The highest BCUT2D eigenvalue weighted by molar-refractivity contribution is 5.76. The molecule has 0 aliphatic carbocycles. The lowest BCUT2D eigenvalue weighted by Crippen LogP contribution is -2.34. The Bertz CT molecular complexity index is 688. The van der Waals surface area contributed by atoms with Gasteiger partial charge < -0.3 is 14.8 Å². The van der Waals surface area contributed by atoms with Crippen molar-refractivity contribution < 1.29 is 14.3 Å². The van der Waals surface area contributed by atoms with Crippen molar-refractivity contribution in [2.45, 2.75) is 19.3 Å². The summed E-state index contributed by atoms with van der Waals surface area (Å²) in [5, 5.41) is 3.01. The molecule has 5 nitrogen and oxygen atoms in total. The van der Waals surface area contributed by atoms with Crippen molar-refractivity contribution in [1.82, 2.24) is 10.3 Å². The quantitative estimate of drug-likeness (QED) is 0.885. The molecule has 2 aromatic rings. The summed E-state index contributed by atoms with van der Waals surface area (Å²) in [7, 11) is 1.65. The van der Waals surface area contributed by atoms with Gasteiger partial charge in [-0.25, -0.2) is 0 Å². The Labute approximate surface area is 142 Å². The molecule has 1 aromatic heterocycles. The molecule has 0 bridgehead atoms. The van der Waals surface area contributed by atoms with Gasteiger partial charge in [0.15, 0.2) is 0 Å². The number of rotatable bonds is 6. The summed E-state index contributed by atoms with van der Waals surface area (Å²) in [5.74, 6) is 2.05. The molecule has 5 heteroatoms. The van der Waals surface area contributed by atoms with E-state index < -0.39 is 0 Å². The second kappa shape index (κ2) is 7.81. The summed E-state index contributed by atoms with van der Waals surface area (Å²) in [4.78, 5) is 16.1. The smallest absolute Gasteiger partial charge is 0.220 e. The van der Waals surface area contributed by atoms with Gasteiger partial charge >= 0.3 is 0 Å². The molecule has 1 N–H and O–H groups in total. The number of hydrogen-bond donors (Lipinski definition) is 1. The van der Waals surface area contributed by atoms with Gasteiger partial charge in [0.2, 0.25) is 5.91 Å². The normalized spacial score (nSPS) is 16.0. The number of carbonyl (C=O) groups is 1. The summed E-state index contributed by atoms with van der Waals surface area (Å²) in [6, 6.07) is 9.76. The highest BCUT2D eigenvalue weighted by atomic mass is 16.5. The number of pyridine rings is 1. The fourth-order valence-electron chi connectivity index (χ4n) is 2.82. The highest BCUT2D eigenvalue weighted by Gasteiger charge is 2.20. The van der Waals surface area contributed by atoms with E-state index in [0.717, 1.165) is 29.0 Å². The summed E-state index contributed by atoms with van der Waals surface area (Å²) in [5.41, 5.74) is 2.24. The summed E-state index contributed by atoms with van der Waals surface area (Å²) < 4.78 is 11.0. The zero-order valence-electron chi connectivity index (χ0n) is 13.8. The van der Waals surface area contributed by atoms with Gasteiger partial charge in [-0.2, -0.15) is 0 Å². The summed E-state index contributed by atoms with van der Waals surface area (Å²) in [6.07, 6.45) is 5.63. The molecular formula is C19H22N2O3. The van der Waals surface area contributed by atoms with Crippen LogP contribution >= 0.6 is 0 Å². The van der Waals surface area contributed by atoms with Gasteiger partial charge in [0.25, 0.3) is 0 Å². The van der Waals surface area contributed by atoms with E-state index in [9.17, 15) is 4.79 Å². The van der Waals surface area contributed by atoms with E-state index in [1.807, 2.05) is 30.3 Å². The fourth-order valence-corrected chi connectivity index (χ4v) is 2.82. The molecule has 1 amide bonds. The zero-order chi connectivity index (χ0) is 16.8. The van der Waals surface area contributed by atoms with Crippen molar-refractivity contribution in [3.8, 4) is 11.5 Å². The Kier molecular flexibility index (Phi) is 5.31. The van der Waals surface area contributed by atoms with E-state index in [0.29, 0.717) is 31.9 Å². The molecule has 0 unspecified atom stereocenters. The molecule has 24 heavy (non-hydrogen) atoms. The van der Waals surface area contributed by atoms with Gasteiger partial charge in [0.1, 0.15) is 11.5 Å². The number of hydrogen-bond acceptors (Lipinski definition) is 4. The molecule has 3 rings (SSSR count). The lowest BCUT2D eigenvalue weighted by Gasteiger charge is -2.25. The first-order valence-electron chi connectivity index (χ1n) is 8.20. The van der Waals surface area contributed by atoms with Crippen LogP contribution in [-0.2, 0) is 17.6 Å². The van der Waals surface area contributed by atoms with Gasteiger partial charge in [-0.05, 0) is 36.1 Å². The predicted molar refractivity (Wildman–Crippen MR) is 91.3 cm³/mol. The first-order chi connectivity index (χ1) is 11.7. The van der Waals surface area contributed by atoms with Gasteiger partial charge in [-0.1, -0.05) is 12.1 Å². The van der Waals surface area contributed by atoms with Crippen LogP contribution in [0.2, 0.25) is 0 Å². The van der Waals surface area contributed by atoms with Crippen LogP contribution in [0.4, 0.5) is 0 Å². The minimum atomic E-state index is 0.0689. The molecular weight excluding hydrogens is 304 g/mol. The Morgan fingerprint density at radius 3 is 3.12 bits per heavy atom. The third kappa shape index (κ3) is 4.25. The van der Waals surface area contributed by atoms with Crippen LogP contribution in [0.5, 0.6) is 11.5 Å². The number of amides is 1. The second-order valence-corrected chi connectivity index (χ2v) is 6.02. The van der Waals surface area contributed by atoms with E-state index in [-0.39, 0.29) is 5.91 Å². The molecule has 1 atom stereocenters. The maximum atomic E-state index is 12.0. The van der Waals surface area contributed by atoms with Crippen LogP contribution < -0.4 is 14.8 Å². The molecule has 1 aliphatic rings. The first kappa shape index (κ1) is 16.3. The summed E-state index contributed by atoms with van der Waals surface area (Å²) >= 11 is 0. The van der Waals surface area contributed by atoms with E-state index in [1.54, 1.807) is 19.5 Å². The van der Waals surface area contributed by atoms with Crippen LogP contribution in [0.25, 0.3) is 0 Å². The van der Waals surface area contributed by atoms with E-state index in [2.05, 4.69) is 10.3 Å². The van der Waals surface area contributed by atoms with Crippen molar-refractivity contribution in [2.24, 2.45) is 5.92 Å². The number of fused-ring (bicyclic) bond motifs is 1. The summed E-state index contributed by atoms with van der Waals surface area (Å²) in [6.45, 7) is 1.25. The van der Waals surface area contributed by atoms with Crippen molar-refractivity contribution in [1.29, 1.82) is 0 Å². The van der Waals surface area contributed by atoms with Crippen molar-refractivity contribution in [3.05, 3.63) is 53.9 Å². The van der Waals surface area contributed by atoms with Crippen LogP contribution in [-0.4, -0.2) is 31.2 Å². The van der Waals surface area contributed by atoms with E-state index in [4.69, 9.17) is 9.47 Å². The molecule has 0 spiro atoms. The third-order valence-electron chi connectivity index (χ3n) is 4.21. The van der Waals surface area contributed by atoms with Crippen molar-refractivity contribution >= 4 is 5.91 Å². The fraction of sp³-hybridized carbons (Fsp3) is 0.368. The molecule has 0 fully saturated rings. The predicted octanol–water partition coefficient (Wildman–Crippen LogP) is 2.39. The number of nitrogens with zero attached hydrogens (tertiary/aromatic N) is 1. The second-order valence-electron chi connectivity index (χ2n) is 6.02. The minimum Gasteiger partial charge on any atom is -0.497 e. The number of carbonyl (C=O) groups excluding carboxylic acids is 1. The van der Waals surface area contributed by atoms with Gasteiger partial charge in [-0.3, -0.25) is 9.78 Å². The topological polar surface area (TPSA) is 60.5 Å². The Morgan fingerprint density at radius 1 is 1.42 bits per heavy atom. The monoisotopic (exact) mass is 326 g/mol. The molecule has 126 valence electrons. The number of nitrogens with one attached hydrogen (secondary N) is 1. The average Bonchev–Trinajstić information content (AvgIpc) is 2.65. The molecule has 1 aliphatic heterocycles. The Balaban J connectivity index is 1.44. The maximum Gasteiger partial charge on any atom is 0.220 e. The van der Waals surface area contributed by atoms with Crippen molar-refractivity contribution in [2.75, 3.05) is 20.3 Å². The molecule has 0 saturated carbocycles. The van der Waals surface area contributed by atoms with Crippen molar-refractivity contribution in [3.63, 3.8) is 0 Å².